The molecule has 1 heterocycles. The average Bonchev–Trinajstić information content (AvgIpc) is 2.59. The fraction of sp³-hybridized carbons (Fsp3) is 0.455. The standard InChI is InChI=1S/C11H15I/c1-2-6-11(7-3-1)10-12-8-4-5-9-12/h1-3,6-7H,4-5,8-10H2. The fourth-order valence-corrected chi connectivity index (χ4v) is 7.87. The first kappa shape index (κ1) is 8.54. The van der Waals surface area contributed by atoms with Crippen molar-refractivity contribution in [1.82, 2.24) is 0 Å². The summed E-state index contributed by atoms with van der Waals surface area (Å²) >= 11 is -0.472. The van der Waals surface area contributed by atoms with Crippen molar-refractivity contribution in [2.45, 2.75) is 17.3 Å². The molecule has 0 saturated carbocycles. The summed E-state index contributed by atoms with van der Waals surface area (Å²) < 4.78 is 4.68. The SMILES string of the molecule is c1ccc(CI2CCCC2)cc1. The summed E-state index contributed by atoms with van der Waals surface area (Å²) in [6.07, 6.45) is 3.05. The van der Waals surface area contributed by atoms with Crippen molar-refractivity contribution >= 4 is 19.8 Å². The van der Waals surface area contributed by atoms with Gasteiger partial charge in [0, 0.05) is 0 Å². The van der Waals surface area contributed by atoms with Crippen molar-refractivity contribution in [3.05, 3.63) is 35.9 Å². The molecule has 66 valence electrons. The monoisotopic (exact) mass is 274 g/mol. The van der Waals surface area contributed by atoms with E-state index in [1.54, 1.807) is 14.4 Å². The van der Waals surface area contributed by atoms with Crippen LogP contribution in [-0.2, 0) is 4.43 Å². The Morgan fingerprint density at radius 1 is 1.00 bits per heavy atom. The van der Waals surface area contributed by atoms with E-state index in [0.29, 0.717) is 0 Å². The second-order valence-corrected chi connectivity index (χ2v) is 9.43. The molecule has 1 aliphatic heterocycles. The summed E-state index contributed by atoms with van der Waals surface area (Å²) in [7, 11) is 0. The number of benzene rings is 1. The predicted molar refractivity (Wildman–Crippen MR) is 63.1 cm³/mol. The quantitative estimate of drug-likeness (QED) is 0.572. The second kappa shape index (κ2) is 4.26. The number of rotatable bonds is 2. The van der Waals surface area contributed by atoms with Crippen LogP contribution in [0.3, 0.4) is 0 Å². The number of hydrogen-bond acceptors (Lipinski definition) is 0. The first-order chi connectivity index (χ1) is 5.95. The molecule has 2 rings (SSSR count). The van der Waals surface area contributed by atoms with Crippen LogP contribution in [0, 0.1) is 0 Å². The summed E-state index contributed by atoms with van der Waals surface area (Å²) in [6.45, 7) is 0. The van der Waals surface area contributed by atoms with E-state index in [4.69, 9.17) is 0 Å². The number of alkyl halides is 3. The van der Waals surface area contributed by atoms with Gasteiger partial charge in [-0.25, -0.2) is 0 Å². The van der Waals surface area contributed by atoms with E-state index in [9.17, 15) is 0 Å². The Kier molecular flexibility index (Phi) is 3.03. The normalized spacial score (nSPS) is 19.8. The number of halogens is 1. The van der Waals surface area contributed by atoms with Gasteiger partial charge in [-0.15, -0.1) is 0 Å². The average molecular weight is 274 g/mol. The zero-order chi connectivity index (χ0) is 8.23. The van der Waals surface area contributed by atoms with E-state index in [-0.39, 0.29) is 0 Å². The van der Waals surface area contributed by atoms with Crippen LogP contribution in [0.15, 0.2) is 30.3 Å². The molecule has 1 heteroatoms. The molecule has 0 amide bonds. The van der Waals surface area contributed by atoms with Gasteiger partial charge in [-0.05, 0) is 0 Å². The molecule has 0 bridgehead atoms. The molecule has 0 unspecified atom stereocenters. The van der Waals surface area contributed by atoms with Crippen LogP contribution in [0.1, 0.15) is 18.4 Å². The van der Waals surface area contributed by atoms with Crippen LogP contribution in [0.2, 0.25) is 0 Å². The van der Waals surface area contributed by atoms with Gasteiger partial charge in [-0.3, -0.25) is 0 Å². The molecule has 0 aromatic heterocycles. The third kappa shape index (κ3) is 2.22. The molecule has 0 atom stereocenters. The second-order valence-electron chi connectivity index (χ2n) is 3.27. The summed E-state index contributed by atoms with van der Waals surface area (Å²) in [5.74, 6) is 0. The molecule has 1 aromatic rings. The van der Waals surface area contributed by atoms with Crippen LogP contribution in [0.4, 0.5) is 0 Å². The van der Waals surface area contributed by atoms with Crippen LogP contribution in [0.5, 0.6) is 0 Å². The van der Waals surface area contributed by atoms with Gasteiger partial charge < -0.3 is 0 Å². The van der Waals surface area contributed by atoms with Crippen molar-refractivity contribution in [1.29, 1.82) is 0 Å². The van der Waals surface area contributed by atoms with Gasteiger partial charge in [0.05, 0.1) is 0 Å². The molecule has 12 heavy (non-hydrogen) atoms. The molecule has 1 aromatic carbocycles. The summed E-state index contributed by atoms with van der Waals surface area (Å²) in [4.78, 5) is 0. The van der Waals surface area contributed by atoms with Crippen molar-refractivity contribution in [3.8, 4) is 0 Å². The molecule has 0 N–H and O–H groups in total. The molecule has 1 fully saturated rings. The Morgan fingerprint density at radius 3 is 2.33 bits per heavy atom. The van der Waals surface area contributed by atoms with Gasteiger partial charge in [-0.2, -0.15) is 0 Å². The molecule has 0 aliphatic carbocycles. The molecular weight excluding hydrogens is 259 g/mol. The topological polar surface area (TPSA) is 0 Å². The van der Waals surface area contributed by atoms with Crippen LogP contribution in [0.25, 0.3) is 0 Å². The zero-order valence-corrected chi connectivity index (χ0v) is 9.46. The van der Waals surface area contributed by atoms with E-state index >= 15 is 0 Å². The minimum atomic E-state index is -0.472. The van der Waals surface area contributed by atoms with Gasteiger partial charge in [0.15, 0.2) is 0 Å². The molecule has 0 radical (unpaired) electrons. The summed E-state index contributed by atoms with van der Waals surface area (Å²) in [6, 6.07) is 11.0. The van der Waals surface area contributed by atoms with Gasteiger partial charge in [0.1, 0.15) is 0 Å². The summed E-state index contributed by atoms with van der Waals surface area (Å²) in [5.41, 5.74) is 1.59. The Labute approximate surface area is 81.8 Å². The van der Waals surface area contributed by atoms with Gasteiger partial charge in [-0.1, -0.05) is 0 Å². The van der Waals surface area contributed by atoms with Crippen molar-refractivity contribution in [3.63, 3.8) is 0 Å². The Morgan fingerprint density at radius 2 is 1.67 bits per heavy atom. The van der Waals surface area contributed by atoms with Crippen molar-refractivity contribution in [2.75, 3.05) is 8.86 Å². The minimum absolute atomic E-state index is 0.472. The predicted octanol–water partition coefficient (Wildman–Crippen LogP) is 3.49. The first-order valence-corrected chi connectivity index (χ1v) is 9.14. The summed E-state index contributed by atoms with van der Waals surface area (Å²) in [5, 5.41) is 0. The van der Waals surface area contributed by atoms with Gasteiger partial charge in [0.2, 0.25) is 0 Å². The number of hydrogen-bond donors (Lipinski definition) is 0. The van der Waals surface area contributed by atoms with E-state index in [1.165, 1.54) is 17.3 Å². The maximum absolute atomic E-state index is 2.29. The van der Waals surface area contributed by atoms with Crippen molar-refractivity contribution < 1.29 is 0 Å². The molecule has 0 spiro atoms. The van der Waals surface area contributed by atoms with Crippen molar-refractivity contribution in [2.24, 2.45) is 0 Å². The Bertz CT molecular complexity index is 224. The van der Waals surface area contributed by atoms with Crippen LogP contribution >= 0.6 is 19.8 Å². The van der Waals surface area contributed by atoms with E-state index < -0.39 is 19.8 Å². The van der Waals surface area contributed by atoms with Crippen LogP contribution in [-0.4, -0.2) is 8.86 Å². The third-order valence-corrected chi connectivity index (χ3v) is 8.77. The Hall–Kier alpha value is -0.0500. The maximum atomic E-state index is 2.29. The molecule has 1 saturated heterocycles. The van der Waals surface area contributed by atoms with E-state index in [1.807, 2.05) is 0 Å². The van der Waals surface area contributed by atoms with Crippen LogP contribution < -0.4 is 0 Å². The fourth-order valence-electron chi connectivity index (χ4n) is 1.58. The first-order valence-electron chi connectivity index (χ1n) is 4.57. The molecular formula is C11H15I. The van der Waals surface area contributed by atoms with Gasteiger partial charge >= 0.3 is 81.8 Å². The third-order valence-electron chi connectivity index (χ3n) is 2.24. The molecule has 1 aliphatic rings. The van der Waals surface area contributed by atoms with E-state index in [0.717, 1.165) is 0 Å². The Balaban J connectivity index is 1.94. The van der Waals surface area contributed by atoms with E-state index in [2.05, 4.69) is 30.3 Å². The zero-order valence-electron chi connectivity index (χ0n) is 7.30. The van der Waals surface area contributed by atoms with Gasteiger partial charge in [0.25, 0.3) is 0 Å². The molecule has 0 nitrogen and oxygen atoms in total.